The lowest BCUT2D eigenvalue weighted by Gasteiger charge is -2.36. The molecule has 0 unspecified atom stereocenters. The van der Waals surface area contributed by atoms with Crippen LogP contribution in [0.5, 0.6) is 0 Å². The highest BCUT2D eigenvalue weighted by Gasteiger charge is 2.37. The van der Waals surface area contributed by atoms with Gasteiger partial charge in [-0.25, -0.2) is 9.97 Å². The molecule has 0 fully saturated rings. The Labute approximate surface area is 346 Å². The van der Waals surface area contributed by atoms with Gasteiger partial charge in [-0.1, -0.05) is 129 Å². The summed E-state index contributed by atoms with van der Waals surface area (Å²) in [7, 11) is 0. The first-order valence-electron chi connectivity index (χ1n) is 20.2. The van der Waals surface area contributed by atoms with Gasteiger partial charge in [0.05, 0.1) is 22.2 Å². The molecule has 5 nitrogen and oxygen atoms in total. The van der Waals surface area contributed by atoms with E-state index in [-0.39, 0.29) is 5.41 Å². The van der Waals surface area contributed by atoms with Crippen LogP contribution in [0.1, 0.15) is 41.7 Å². The SMILES string of the molecule is Cc1cc2c(cc1-c1c(C)ccc3c1oc1nc4ccccc4n13)C(C)(C)c1ccc(C)c(-c3ncc4c(n3)-c3ccccc3-c3ccccc3-c3ccccc3-4)c1S2. The molecule has 10 aromatic rings. The molecule has 0 saturated heterocycles. The number of rotatable bonds is 2. The number of imidazole rings is 1. The van der Waals surface area contributed by atoms with Crippen molar-refractivity contribution in [3.8, 4) is 67.2 Å². The Hall–Kier alpha value is -6.76. The van der Waals surface area contributed by atoms with Crippen molar-refractivity contribution in [2.75, 3.05) is 0 Å². The summed E-state index contributed by atoms with van der Waals surface area (Å²) < 4.78 is 8.78. The van der Waals surface area contributed by atoms with Gasteiger partial charge in [-0.15, -0.1) is 0 Å². The number of aromatic nitrogens is 4. The first-order valence-corrected chi connectivity index (χ1v) is 21.0. The summed E-state index contributed by atoms with van der Waals surface area (Å²) in [6.07, 6.45) is 2.06. The molecular formula is C53H38N4OS. The van der Waals surface area contributed by atoms with Crippen molar-refractivity contribution in [2.24, 2.45) is 0 Å². The third-order valence-corrected chi connectivity index (χ3v) is 13.9. The van der Waals surface area contributed by atoms with E-state index >= 15 is 0 Å². The van der Waals surface area contributed by atoms with Crippen molar-refractivity contribution in [3.05, 3.63) is 167 Å². The fraction of sp³-hybridized carbons (Fsp3) is 0.113. The van der Waals surface area contributed by atoms with Crippen molar-refractivity contribution in [2.45, 2.75) is 49.8 Å². The van der Waals surface area contributed by atoms with Gasteiger partial charge in [0.15, 0.2) is 11.4 Å². The molecule has 0 spiro atoms. The van der Waals surface area contributed by atoms with Gasteiger partial charge in [-0.2, -0.15) is 4.98 Å². The molecule has 1 aliphatic carbocycles. The standard InChI is InChI=1S/C53H38N4OS/c1-29-23-25-44-49(58-52-55-42-20-12-13-21-43(42)57(44)52)46(29)38-27-41-45(26-31(38)3)59-50-40(53(41,4)5)24-22-30(2)47(50)51-54-28-39-36-18-9-8-16-34(36)32-14-6-7-15-33(32)35-17-10-11-19-37(35)48(39)56-51/h6-28H,1-5H3. The normalized spacial score (nSPS) is 13.6. The minimum Gasteiger partial charge on any atom is -0.422 e. The summed E-state index contributed by atoms with van der Waals surface area (Å²) in [5.74, 6) is 1.36. The Morgan fingerprint density at radius 3 is 1.88 bits per heavy atom. The monoisotopic (exact) mass is 778 g/mol. The molecule has 59 heavy (non-hydrogen) atoms. The van der Waals surface area contributed by atoms with Gasteiger partial charge in [0, 0.05) is 43.7 Å². The Bertz CT molecular complexity index is 3440. The zero-order valence-electron chi connectivity index (χ0n) is 33.4. The van der Waals surface area contributed by atoms with Crippen LogP contribution in [0.3, 0.4) is 0 Å². The highest BCUT2D eigenvalue weighted by Crippen LogP contribution is 2.55. The molecule has 0 atom stereocenters. The fourth-order valence-electron chi connectivity index (χ4n) is 9.75. The van der Waals surface area contributed by atoms with E-state index in [9.17, 15) is 0 Å². The molecular weight excluding hydrogens is 741 g/mol. The summed E-state index contributed by atoms with van der Waals surface area (Å²) in [6.45, 7) is 11.3. The maximum absolute atomic E-state index is 6.63. The van der Waals surface area contributed by atoms with Gasteiger partial charge in [0.1, 0.15) is 0 Å². The van der Waals surface area contributed by atoms with Crippen molar-refractivity contribution in [1.29, 1.82) is 0 Å². The number of hydrogen-bond acceptors (Lipinski definition) is 5. The first-order chi connectivity index (χ1) is 28.8. The number of benzene rings is 7. The predicted octanol–water partition coefficient (Wildman–Crippen LogP) is 14.1. The third kappa shape index (κ3) is 4.84. The maximum atomic E-state index is 6.63. The summed E-state index contributed by atoms with van der Waals surface area (Å²) >= 11 is 1.85. The van der Waals surface area contributed by atoms with Crippen LogP contribution in [-0.4, -0.2) is 19.4 Å². The number of hydrogen-bond donors (Lipinski definition) is 0. The van der Waals surface area contributed by atoms with Crippen LogP contribution in [0.2, 0.25) is 0 Å². The number of oxazole rings is 1. The molecule has 2 aliphatic rings. The number of para-hydroxylation sites is 2. The summed E-state index contributed by atoms with van der Waals surface area (Å²) in [5.41, 5.74) is 22.1. The Kier molecular flexibility index (Phi) is 7.19. The third-order valence-electron chi connectivity index (χ3n) is 12.7. The fourth-order valence-corrected chi connectivity index (χ4v) is 11.4. The second-order valence-electron chi connectivity index (χ2n) is 16.5. The van der Waals surface area contributed by atoms with Crippen LogP contribution in [-0.2, 0) is 5.41 Å². The number of nitrogens with zero attached hydrogens (tertiary/aromatic N) is 4. The smallest absolute Gasteiger partial charge is 0.307 e. The van der Waals surface area contributed by atoms with E-state index in [1.807, 2.05) is 23.9 Å². The van der Waals surface area contributed by atoms with E-state index < -0.39 is 0 Å². The van der Waals surface area contributed by atoms with Gasteiger partial charge in [0.2, 0.25) is 0 Å². The topological polar surface area (TPSA) is 56.2 Å². The number of fused-ring (bicyclic) bond motifs is 15. The van der Waals surface area contributed by atoms with Gasteiger partial charge >= 0.3 is 5.84 Å². The molecule has 7 aromatic carbocycles. The largest absolute Gasteiger partial charge is 0.422 e. The van der Waals surface area contributed by atoms with E-state index in [1.165, 1.54) is 59.9 Å². The average molecular weight is 779 g/mol. The van der Waals surface area contributed by atoms with Gasteiger partial charge in [-0.3, -0.25) is 4.40 Å². The highest BCUT2D eigenvalue weighted by atomic mass is 32.2. The summed E-state index contributed by atoms with van der Waals surface area (Å²) in [5, 5.41) is 0. The van der Waals surface area contributed by atoms with Gasteiger partial charge < -0.3 is 4.42 Å². The molecule has 0 N–H and O–H groups in total. The van der Waals surface area contributed by atoms with Gasteiger partial charge in [0.25, 0.3) is 0 Å². The molecule has 282 valence electrons. The van der Waals surface area contributed by atoms with Crippen molar-refractivity contribution >= 4 is 39.7 Å². The molecule has 1 aliphatic heterocycles. The van der Waals surface area contributed by atoms with Gasteiger partial charge in [-0.05, 0) is 112 Å². The average Bonchev–Trinajstić information content (AvgIpc) is 3.79. The van der Waals surface area contributed by atoms with Crippen molar-refractivity contribution in [3.63, 3.8) is 0 Å². The minimum atomic E-state index is -0.310. The van der Waals surface area contributed by atoms with E-state index in [0.717, 1.165) is 67.0 Å². The molecule has 0 saturated carbocycles. The van der Waals surface area contributed by atoms with E-state index in [4.69, 9.17) is 19.4 Å². The zero-order chi connectivity index (χ0) is 39.7. The quantitative estimate of drug-likeness (QED) is 0.175. The lowest BCUT2D eigenvalue weighted by Crippen LogP contribution is -2.24. The molecule has 12 rings (SSSR count). The summed E-state index contributed by atoms with van der Waals surface area (Å²) in [6, 6.07) is 48.0. The molecule has 0 bridgehead atoms. The van der Waals surface area contributed by atoms with Crippen LogP contribution < -0.4 is 0 Å². The highest BCUT2D eigenvalue weighted by molar-refractivity contribution is 7.99. The second kappa shape index (κ2) is 12.4. The second-order valence-corrected chi connectivity index (χ2v) is 17.6. The van der Waals surface area contributed by atoms with E-state index in [2.05, 4.69) is 167 Å². The predicted molar refractivity (Wildman–Crippen MR) is 241 cm³/mol. The lowest BCUT2D eigenvalue weighted by molar-refractivity contribution is 0.607. The van der Waals surface area contributed by atoms with Crippen molar-refractivity contribution in [1.82, 2.24) is 19.4 Å². The van der Waals surface area contributed by atoms with Crippen LogP contribution in [0.4, 0.5) is 0 Å². The van der Waals surface area contributed by atoms with Crippen molar-refractivity contribution < 1.29 is 4.42 Å². The Morgan fingerprint density at radius 1 is 0.542 bits per heavy atom. The first kappa shape index (κ1) is 34.3. The number of aryl methyl sites for hydroxylation is 3. The Morgan fingerprint density at radius 2 is 1.15 bits per heavy atom. The van der Waals surface area contributed by atoms with Crippen LogP contribution in [0.15, 0.2) is 154 Å². The minimum absolute atomic E-state index is 0.310. The van der Waals surface area contributed by atoms with Crippen LogP contribution in [0.25, 0.3) is 95.1 Å². The maximum Gasteiger partial charge on any atom is 0.307 e. The molecule has 0 radical (unpaired) electrons. The van der Waals surface area contributed by atoms with E-state index in [0.29, 0.717) is 5.84 Å². The summed E-state index contributed by atoms with van der Waals surface area (Å²) in [4.78, 5) is 18.1. The van der Waals surface area contributed by atoms with Crippen LogP contribution >= 0.6 is 11.8 Å². The molecule has 4 heterocycles. The lowest BCUT2D eigenvalue weighted by atomic mass is 9.75. The molecule has 0 amide bonds. The molecule has 6 heteroatoms. The zero-order valence-corrected chi connectivity index (χ0v) is 34.2. The van der Waals surface area contributed by atoms with E-state index in [1.54, 1.807) is 0 Å². The Balaban J connectivity index is 1.03. The van der Waals surface area contributed by atoms with Crippen LogP contribution in [0, 0.1) is 20.8 Å². The molecule has 3 aromatic heterocycles.